The van der Waals surface area contributed by atoms with Crippen LogP contribution in [0, 0.1) is 0 Å². The maximum absolute atomic E-state index is 12.7. The first kappa shape index (κ1) is 33.4. The molecule has 4 N–H and O–H groups in total. The minimum atomic E-state index is -2.39. The molecule has 0 bridgehead atoms. The Morgan fingerprint density at radius 1 is 0.615 bits per heavy atom. The van der Waals surface area contributed by atoms with Gasteiger partial charge in [-0.25, -0.2) is 16.2 Å². The van der Waals surface area contributed by atoms with Crippen LogP contribution in [0.2, 0.25) is 0 Å². The average Bonchev–Trinajstić information content (AvgIpc) is 2.91. The maximum Gasteiger partial charge on any atom is 0.168 e. The van der Waals surface area contributed by atoms with Crippen molar-refractivity contribution < 1.29 is 17.5 Å². The smallest absolute Gasteiger partial charge is 0.168 e. The van der Waals surface area contributed by atoms with Crippen molar-refractivity contribution >= 4 is 45.3 Å². The maximum atomic E-state index is 12.7. The SMILES string of the molecule is CCCC[N+](CCCC)(c1cc(Cc2ccc(N)c([N+](CCCC)(CCCC)S(=O)[O-])c2)ccc1N)S(=O)[O-]. The number of hydrogen-bond acceptors (Lipinski definition) is 6. The van der Waals surface area contributed by atoms with Gasteiger partial charge < -0.3 is 20.6 Å². The first-order chi connectivity index (χ1) is 18.6. The number of nitrogens with two attached hydrogens (primary N) is 2. The number of anilines is 2. The second kappa shape index (κ2) is 15.8. The van der Waals surface area contributed by atoms with Gasteiger partial charge in [0.25, 0.3) is 0 Å². The van der Waals surface area contributed by atoms with Gasteiger partial charge in [0.1, 0.15) is 0 Å². The van der Waals surface area contributed by atoms with Gasteiger partial charge in [-0.3, -0.25) is 0 Å². The Morgan fingerprint density at radius 2 is 0.923 bits per heavy atom. The molecule has 0 aromatic heterocycles. The first-order valence-electron chi connectivity index (χ1n) is 14.3. The molecule has 0 spiro atoms. The third-order valence-electron chi connectivity index (χ3n) is 7.54. The molecule has 2 rings (SSSR count). The van der Waals surface area contributed by atoms with Crippen molar-refractivity contribution in [3.63, 3.8) is 0 Å². The molecule has 10 heteroatoms. The summed E-state index contributed by atoms with van der Waals surface area (Å²) in [5.41, 5.74) is 16.8. The first-order valence-corrected chi connectivity index (χ1v) is 16.4. The lowest BCUT2D eigenvalue weighted by molar-refractivity contribution is 0.370. The molecule has 2 atom stereocenters. The lowest BCUT2D eigenvalue weighted by Gasteiger charge is -2.39. The van der Waals surface area contributed by atoms with E-state index in [2.05, 4.69) is 27.7 Å². The van der Waals surface area contributed by atoms with Crippen LogP contribution in [0.3, 0.4) is 0 Å². The van der Waals surface area contributed by atoms with Crippen molar-refractivity contribution in [2.45, 2.75) is 85.5 Å². The Hall–Kier alpha value is -1.82. The van der Waals surface area contributed by atoms with Gasteiger partial charge in [0.2, 0.25) is 0 Å². The van der Waals surface area contributed by atoms with E-state index in [1.165, 1.54) is 0 Å². The van der Waals surface area contributed by atoms with Crippen molar-refractivity contribution in [1.29, 1.82) is 0 Å². The van der Waals surface area contributed by atoms with Crippen LogP contribution in [0.5, 0.6) is 0 Å². The van der Waals surface area contributed by atoms with Crippen LogP contribution in [0.4, 0.5) is 22.7 Å². The molecule has 0 aliphatic rings. The molecular weight excluding hydrogens is 532 g/mol. The normalized spacial score (nSPS) is 13.9. The van der Waals surface area contributed by atoms with Gasteiger partial charge in [0.15, 0.2) is 33.9 Å². The zero-order valence-electron chi connectivity index (χ0n) is 24.2. The fraction of sp³-hybridized carbons (Fsp3) is 0.586. The van der Waals surface area contributed by atoms with Crippen LogP contribution < -0.4 is 19.2 Å². The molecular formula is C29H48N4O4S2. The van der Waals surface area contributed by atoms with Crippen LogP contribution in [0.25, 0.3) is 0 Å². The van der Waals surface area contributed by atoms with Crippen molar-refractivity contribution in [3.05, 3.63) is 47.5 Å². The summed E-state index contributed by atoms with van der Waals surface area (Å²) in [6.07, 6.45) is 7.11. The quantitative estimate of drug-likeness (QED) is 0.129. The number of hydrogen-bond donors (Lipinski definition) is 2. The lowest BCUT2D eigenvalue weighted by Crippen LogP contribution is -2.52. The number of nitrogen functional groups attached to an aromatic ring is 2. The highest BCUT2D eigenvalue weighted by atomic mass is 32.2. The van der Waals surface area contributed by atoms with Crippen LogP contribution in [-0.2, 0) is 29.0 Å². The van der Waals surface area contributed by atoms with E-state index >= 15 is 0 Å². The Morgan fingerprint density at radius 3 is 1.18 bits per heavy atom. The zero-order chi connectivity index (χ0) is 29.1. The van der Waals surface area contributed by atoms with E-state index in [-0.39, 0.29) is 7.78 Å². The van der Waals surface area contributed by atoms with Crippen molar-refractivity contribution in [2.24, 2.45) is 0 Å². The van der Waals surface area contributed by atoms with E-state index in [0.717, 1.165) is 62.5 Å². The summed E-state index contributed by atoms with van der Waals surface area (Å²) in [5, 5.41) is 0. The van der Waals surface area contributed by atoms with Crippen molar-refractivity contribution in [1.82, 2.24) is 7.78 Å². The molecule has 0 saturated heterocycles. The molecule has 2 aromatic rings. The monoisotopic (exact) mass is 580 g/mol. The predicted octanol–water partition coefficient (Wildman–Crippen LogP) is 5.85. The van der Waals surface area contributed by atoms with Gasteiger partial charge in [-0.2, -0.15) is 0 Å². The second-order valence-electron chi connectivity index (χ2n) is 10.5. The van der Waals surface area contributed by atoms with Gasteiger partial charge in [-0.15, -0.1) is 0 Å². The number of rotatable bonds is 18. The van der Waals surface area contributed by atoms with Crippen LogP contribution in [0.1, 0.15) is 90.2 Å². The highest BCUT2D eigenvalue weighted by Gasteiger charge is 2.36. The summed E-state index contributed by atoms with van der Waals surface area (Å²) in [4.78, 5) is 0. The Kier molecular flexibility index (Phi) is 13.6. The van der Waals surface area contributed by atoms with Crippen LogP contribution in [0.15, 0.2) is 36.4 Å². The van der Waals surface area contributed by atoms with Crippen molar-refractivity contribution in [3.8, 4) is 0 Å². The van der Waals surface area contributed by atoms with Gasteiger partial charge in [-0.05, 0) is 55.4 Å². The molecule has 0 saturated carbocycles. The number of unbranched alkanes of at least 4 members (excludes halogenated alkanes) is 4. The summed E-state index contributed by atoms with van der Waals surface area (Å²) in [6.45, 7) is 10.1. The van der Waals surface area contributed by atoms with Gasteiger partial charge in [-0.1, -0.05) is 65.5 Å². The van der Waals surface area contributed by atoms with Gasteiger partial charge >= 0.3 is 0 Å². The molecule has 220 valence electrons. The molecule has 0 aliphatic carbocycles. The van der Waals surface area contributed by atoms with E-state index in [0.29, 0.717) is 55.3 Å². The summed E-state index contributed by atoms with van der Waals surface area (Å²) in [7, 11) is 0. The fourth-order valence-corrected chi connectivity index (χ4v) is 6.91. The third kappa shape index (κ3) is 8.11. The summed E-state index contributed by atoms with van der Waals surface area (Å²) in [6, 6.07) is 11.2. The van der Waals surface area contributed by atoms with E-state index in [4.69, 9.17) is 11.5 Å². The second-order valence-corrected chi connectivity index (χ2v) is 12.8. The summed E-state index contributed by atoms with van der Waals surface area (Å²) in [5.74, 6) is 0. The Balaban J connectivity index is 2.58. The molecule has 2 unspecified atom stereocenters. The van der Waals surface area contributed by atoms with E-state index in [9.17, 15) is 17.5 Å². The third-order valence-corrected chi connectivity index (χ3v) is 9.80. The Bertz CT molecular complexity index is 1010. The predicted molar refractivity (Wildman–Crippen MR) is 165 cm³/mol. The molecule has 0 fully saturated rings. The van der Waals surface area contributed by atoms with Crippen molar-refractivity contribution in [2.75, 3.05) is 37.6 Å². The van der Waals surface area contributed by atoms with E-state index in [1.807, 2.05) is 24.3 Å². The Labute approximate surface area is 240 Å². The van der Waals surface area contributed by atoms with E-state index in [1.54, 1.807) is 12.1 Å². The van der Waals surface area contributed by atoms with Crippen LogP contribution >= 0.6 is 0 Å². The largest absolute Gasteiger partial charge is 0.724 e. The zero-order valence-corrected chi connectivity index (χ0v) is 25.8. The molecule has 2 aromatic carbocycles. The molecule has 0 radical (unpaired) electrons. The molecule has 8 nitrogen and oxygen atoms in total. The highest BCUT2D eigenvalue weighted by molar-refractivity contribution is 7.78. The number of benzene rings is 2. The summed E-state index contributed by atoms with van der Waals surface area (Å²) < 4.78 is 50.5. The van der Waals surface area contributed by atoms with E-state index < -0.39 is 22.5 Å². The topological polar surface area (TPSA) is 132 Å². The fourth-order valence-electron chi connectivity index (χ4n) is 5.16. The molecule has 0 aliphatic heterocycles. The standard InChI is InChI=1S/C29H48N4O4S2/c1-5-9-17-32(38(34)35,18-10-6-2)28-22-24(13-15-26(28)30)21-25-14-16-27(31)29(23-25)33(39(36)37,19-11-7-3)20-12-8-4/h13-16,22-23H,5-12,17-21,30-31H2,1-4H3. The van der Waals surface area contributed by atoms with Gasteiger partial charge in [0.05, 0.1) is 37.6 Å². The van der Waals surface area contributed by atoms with Crippen LogP contribution in [-0.4, -0.2) is 43.7 Å². The lowest BCUT2D eigenvalue weighted by atomic mass is 10.0. The molecule has 0 amide bonds. The molecule has 39 heavy (non-hydrogen) atoms. The minimum Gasteiger partial charge on any atom is -0.724 e. The van der Waals surface area contributed by atoms with Gasteiger partial charge in [0, 0.05) is 12.1 Å². The highest BCUT2D eigenvalue weighted by Crippen LogP contribution is 2.37. The molecule has 0 heterocycles. The average molecular weight is 581 g/mol. The summed E-state index contributed by atoms with van der Waals surface area (Å²) >= 11 is -4.78. The number of quaternary nitrogens is 2. The number of nitrogens with zero attached hydrogens (tertiary/aromatic N) is 2. The minimum absolute atomic E-state index is 0.183.